The van der Waals surface area contributed by atoms with E-state index in [-0.39, 0.29) is 11.4 Å². The van der Waals surface area contributed by atoms with E-state index in [2.05, 4.69) is 37.8 Å². The molecule has 1 aliphatic heterocycles. The molecule has 5 rings (SSSR count). The molecule has 0 amide bonds. The third-order valence-electron chi connectivity index (χ3n) is 6.43. The fraction of sp³-hybridized carbons (Fsp3) is 0.308. The van der Waals surface area contributed by atoms with E-state index in [1.54, 1.807) is 7.11 Å². The molecule has 0 saturated heterocycles. The standard InChI is InChI=1S/C26H25F3N4O2/c1-35-13-12-33-15-18(20-4-2-3-5-23(20)33)14-32-11-10-22-21(16-32)25(34)31-24(30-22)17-6-8-19(9-7-17)26(27,28)29/h2-9,15H,10-14,16H2,1H3,(H,30,31,34). The van der Waals surface area contributed by atoms with Gasteiger partial charge in [0.25, 0.3) is 5.56 Å². The lowest BCUT2D eigenvalue weighted by atomic mass is 10.0. The van der Waals surface area contributed by atoms with Crippen molar-refractivity contribution in [3.05, 3.63) is 87.5 Å². The van der Waals surface area contributed by atoms with Gasteiger partial charge in [-0.15, -0.1) is 0 Å². The van der Waals surface area contributed by atoms with Crippen molar-refractivity contribution in [1.29, 1.82) is 0 Å². The Morgan fingerprint density at radius 1 is 1.11 bits per heavy atom. The molecule has 2 aromatic carbocycles. The van der Waals surface area contributed by atoms with Crippen molar-refractivity contribution >= 4 is 10.9 Å². The van der Waals surface area contributed by atoms with Gasteiger partial charge in [-0.1, -0.05) is 30.3 Å². The van der Waals surface area contributed by atoms with Gasteiger partial charge < -0.3 is 14.3 Å². The SMILES string of the molecule is COCCn1cc(CN2CCc3nc(-c4ccc(C(F)(F)F)cc4)[nH]c(=O)c3C2)c2ccccc21. The summed E-state index contributed by atoms with van der Waals surface area (Å²) in [6.07, 6.45) is -1.67. The molecule has 4 aromatic rings. The van der Waals surface area contributed by atoms with Gasteiger partial charge in [-0.3, -0.25) is 9.69 Å². The first-order valence-corrected chi connectivity index (χ1v) is 11.4. The highest BCUT2D eigenvalue weighted by atomic mass is 19.4. The highest BCUT2D eigenvalue weighted by molar-refractivity contribution is 5.84. The van der Waals surface area contributed by atoms with Gasteiger partial charge in [0.1, 0.15) is 5.82 Å². The lowest BCUT2D eigenvalue weighted by Crippen LogP contribution is -2.35. The predicted octanol–water partition coefficient (Wildman–Crippen LogP) is 4.62. The Balaban J connectivity index is 1.37. The molecule has 3 heterocycles. The van der Waals surface area contributed by atoms with Crippen LogP contribution in [0.2, 0.25) is 0 Å². The van der Waals surface area contributed by atoms with E-state index in [0.717, 1.165) is 30.7 Å². The highest BCUT2D eigenvalue weighted by Crippen LogP contribution is 2.30. The number of halogens is 3. The lowest BCUT2D eigenvalue weighted by Gasteiger charge is -2.27. The Morgan fingerprint density at radius 3 is 2.63 bits per heavy atom. The van der Waals surface area contributed by atoms with Crippen LogP contribution in [0.4, 0.5) is 13.2 Å². The monoisotopic (exact) mass is 482 g/mol. The number of methoxy groups -OCH3 is 1. The molecular weight excluding hydrogens is 457 g/mol. The first-order chi connectivity index (χ1) is 16.8. The van der Waals surface area contributed by atoms with Gasteiger partial charge in [0.15, 0.2) is 0 Å². The lowest BCUT2D eigenvalue weighted by molar-refractivity contribution is -0.137. The zero-order chi connectivity index (χ0) is 24.6. The molecule has 0 saturated carbocycles. The summed E-state index contributed by atoms with van der Waals surface area (Å²) in [6.45, 7) is 3.27. The smallest absolute Gasteiger partial charge is 0.383 e. The Kier molecular flexibility index (Phi) is 6.21. The molecule has 35 heavy (non-hydrogen) atoms. The maximum Gasteiger partial charge on any atom is 0.416 e. The number of para-hydroxylation sites is 1. The van der Waals surface area contributed by atoms with Crippen LogP contribution in [0.1, 0.15) is 22.4 Å². The van der Waals surface area contributed by atoms with Crippen LogP contribution in [0.5, 0.6) is 0 Å². The molecule has 1 aliphatic rings. The first-order valence-electron chi connectivity index (χ1n) is 11.4. The Labute approximate surface area is 200 Å². The number of hydrogen-bond donors (Lipinski definition) is 1. The van der Waals surface area contributed by atoms with Crippen LogP contribution < -0.4 is 5.56 Å². The number of aromatic amines is 1. The molecule has 0 radical (unpaired) electrons. The number of rotatable bonds is 6. The maximum absolute atomic E-state index is 12.9. The van der Waals surface area contributed by atoms with E-state index in [1.807, 2.05) is 12.1 Å². The van der Waals surface area contributed by atoms with Crippen LogP contribution in [0.3, 0.4) is 0 Å². The summed E-state index contributed by atoms with van der Waals surface area (Å²) in [5.41, 5.74) is 3.10. The summed E-state index contributed by atoms with van der Waals surface area (Å²) in [7, 11) is 1.69. The average Bonchev–Trinajstić information content (AvgIpc) is 3.20. The van der Waals surface area contributed by atoms with E-state index in [1.165, 1.54) is 23.1 Å². The predicted molar refractivity (Wildman–Crippen MR) is 127 cm³/mol. The zero-order valence-corrected chi connectivity index (χ0v) is 19.2. The minimum atomic E-state index is -4.41. The molecular formula is C26H25F3N4O2. The van der Waals surface area contributed by atoms with Gasteiger partial charge in [0.2, 0.25) is 0 Å². The Bertz CT molecular complexity index is 1410. The highest BCUT2D eigenvalue weighted by Gasteiger charge is 2.30. The summed E-state index contributed by atoms with van der Waals surface area (Å²) in [5.74, 6) is 0.289. The van der Waals surface area contributed by atoms with Crippen molar-refractivity contribution in [1.82, 2.24) is 19.4 Å². The van der Waals surface area contributed by atoms with Crippen LogP contribution in [0, 0.1) is 0 Å². The zero-order valence-electron chi connectivity index (χ0n) is 19.2. The summed E-state index contributed by atoms with van der Waals surface area (Å²) < 4.78 is 46.0. The summed E-state index contributed by atoms with van der Waals surface area (Å²) >= 11 is 0. The van der Waals surface area contributed by atoms with Crippen molar-refractivity contribution in [2.75, 3.05) is 20.3 Å². The van der Waals surface area contributed by atoms with E-state index >= 15 is 0 Å². The van der Waals surface area contributed by atoms with Crippen molar-refractivity contribution in [3.63, 3.8) is 0 Å². The maximum atomic E-state index is 12.9. The van der Waals surface area contributed by atoms with E-state index in [0.29, 0.717) is 42.9 Å². The fourth-order valence-corrected chi connectivity index (χ4v) is 4.63. The van der Waals surface area contributed by atoms with Gasteiger partial charge in [0.05, 0.1) is 23.4 Å². The second-order valence-corrected chi connectivity index (χ2v) is 8.73. The molecule has 0 fully saturated rings. The van der Waals surface area contributed by atoms with Gasteiger partial charge in [-0.05, 0) is 23.8 Å². The van der Waals surface area contributed by atoms with E-state index < -0.39 is 11.7 Å². The van der Waals surface area contributed by atoms with Gasteiger partial charge in [0, 0.05) is 62.4 Å². The van der Waals surface area contributed by atoms with Crippen molar-refractivity contribution in [3.8, 4) is 11.4 Å². The quantitative estimate of drug-likeness (QED) is 0.436. The second-order valence-electron chi connectivity index (χ2n) is 8.73. The normalized spacial score (nSPS) is 14.4. The minimum absolute atomic E-state index is 0.253. The average molecular weight is 483 g/mol. The van der Waals surface area contributed by atoms with Crippen molar-refractivity contribution < 1.29 is 17.9 Å². The molecule has 0 unspecified atom stereocenters. The van der Waals surface area contributed by atoms with Crippen LogP contribution in [-0.4, -0.2) is 39.7 Å². The van der Waals surface area contributed by atoms with E-state index in [4.69, 9.17) is 4.74 Å². The van der Waals surface area contributed by atoms with Gasteiger partial charge in [-0.2, -0.15) is 13.2 Å². The number of nitrogens with one attached hydrogen (secondary N) is 1. The van der Waals surface area contributed by atoms with Crippen LogP contribution in [0.25, 0.3) is 22.3 Å². The number of alkyl halides is 3. The molecule has 0 aliphatic carbocycles. The van der Waals surface area contributed by atoms with Crippen molar-refractivity contribution in [2.24, 2.45) is 0 Å². The summed E-state index contributed by atoms with van der Waals surface area (Å²) in [5, 5.41) is 1.18. The second kappa shape index (κ2) is 9.31. The number of aromatic nitrogens is 3. The number of fused-ring (bicyclic) bond motifs is 2. The molecule has 0 atom stereocenters. The van der Waals surface area contributed by atoms with Crippen LogP contribution in [0.15, 0.2) is 59.5 Å². The number of ether oxygens (including phenoxy) is 1. The van der Waals surface area contributed by atoms with Crippen LogP contribution >= 0.6 is 0 Å². The molecule has 9 heteroatoms. The Morgan fingerprint density at radius 2 is 1.89 bits per heavy atom. The third kappa shape index (κ3) is 4.74. The number of H-pyrrole nitrogens is 1. The van der Waals surface area contributed by atoms with Gasteiger partial charge in [-0.25, -0.2) is 4.98 Å². The minimum Gasteiger partial charge on any atom is -0.383 e. The molecule has 1 N–H and O–H groups in total. The summed E-state index contributed by atoms with van der Waals surface area (Å²) in [6, 6.07) is 12.9. The Hall–Kier alpha value is -3.43. The summed E-state index contributed by atoms with van der Waals surface area (Å²) in [4.78, 5) is 22.5. The number of benzene rings is 2. The number of hydrogen-bond acceptors (Lipinski definition) is 4. The fourth-order valence-electron chi connectivity index (χ4n) is 4.63. The first kappa shape index (κ1) is 23.3. The molecule has 0 spiro atoms. The molecule has 182 valence electrons. The topological polar surface area (TPSA) is 63.1 Å². The largest absolute Gasteiger partial charge is 0.416 e. The van der Waals surface area contributed by atoms with Gasteiger partial charge >= 0.3 is 6.18 Å². The van der Waals surface area contributed by atoms with Crippen LogP contribution in [-0.2, 0) is 37.0 Å². The molecule has 2 aromatic heterocycles. The molecule has 0 bridgehead atoms. The van der Waals surface area contributed by atoms with E-state index in [9.17, 15) is 18.0 Å². The van der Waals surface area contributed by atoms with Crippen molar-refractivity contribution in [2.45, 2.75) is 32.2 Å². The number of nitrogens with zero attached hydrogens (tertiary/aromatic N) is 3. The molecule has 6 nitrogen and oxygen atoms in total. The third-order valence-corrected chi connectivity index (χ3v) is 6.43.